The summed E-state index contributed by atoms with van der Waals surface area (Å²) in [6, 6.07) is 0. The Kier molecular flexibility index (Phi) is 9.52. The van der Waals surface area contributed by atoms with Gasteiger partial charge in [0.05, 0.1) is 6.61 Å². The van der Waals surface area contributed by atoms with Gasteiger partial charge in [-0.2, -0.15) is 0 Å². The van der Waals surface area contributed by atoms with Gasteiger partial charge in [0.1, 0.15) is 0 Å². The molecule has 1 atom stereocenters. The van der Waals surface area contributed by atoms with Gasteiger partial charge in [-0.25, -0.2) is 0 Å². The van der Waals surface area contributed by atoms with E-state index in [1.165, 1.54) is 0 Å². The summed E-state index contributed by atoms with van der Waals surface area (Å²) < 4.78 is 5.08. The van der Waals surface area contributed by atoms with E-state index >= 15 is 0 Å². The summed E-state index contributed by atoms with van der Waals surface area (Å²) in [5.41, 5.74) is 0. The average molecular weight is 217 g/mol. The zero-order valence-electron chi connectivity index (χ0n) is 9.79. The molecule has 0 saturated heterocycles. The van der Waals surface area contributed by atoms with Crippen LogP contribution in [-0.4, -0.2) is 37.4 Å². The monoisotopic (exact) mass is 217 g/mol. The lowest BCUT2D eigenvalue weighted by Crippen LogP contribution is -2.30. The summed E-state index contributed by atoms with van der Waals surface area (Å²) >= 11 is 0. The van der Waals surface area contributed by atoms with E-state index in [1.54, 1.807) is 0 Å². The minimum atomic E-state index is 0.0276. The number of rotatable bonds is 9. The number of ether oxygens (including phenoxy) is 1. The van der Waals surface area contributed by atoms with Gasteiger partial charge in [0, 0.05) is 26.2 Å². The molecule has 2 N–H and O–H groups in total. The smallest absolute Gasteiger partial charge is 0.222 e. The molecule has 90 valence electrons. The second-order valence-electron chi connectivity index (χ2n) is 3.54. The Bertz CT molecular complexity index is 162. The topological polar surface area (TPSA) is 58.6 Å². The van der Waals surface area contributed by atoms with Crippen molar-refractivity contribution in [3.05, 3.63) is 0 Å². The van der Waals surface area contributed by atoms with Crippen molar-refractivity contribution in [3.8, 4) is 0 Å². The number of aliphatic hydroxyl groups excluding tert-OH is 1. The molecule has 0 saturated carbocycles. The quantitative estimate of drug-likeness (QED) is 0.565. The molecule has 1 unspecified atom stereocenters. The molecule has 0 aromatic rings. The van der Waals surface area contributed by atoms with Gasteiger partial charge in [-0.3, -0.25) is 4.79 Å². The molecule has 0 spiro atoms. The number of carbonyl (C=O) groups excluding carboxylic acids is 1. The lowest BCUT2D eigenvalue weighted by Gasteiger charge is -2.14. The molecule has 0 aliphatic rings. The number of aliphatic hydroxyl groups is 1. The van der Waals surface area contributed by atoms with Crippen molar-refractivity contribution in [3.63, 3.8) is 0 Å². The van der Waals surface area contributed by atoms with Gasteiger partial charge in [0.15, 0.2) is 0 Å². The van der Waals surface area contributed by atoms with Gasteiger partial charge in [0.2, 0.25) is 5.91 Å². The van der Waals surface area contributed by atoms with Crippen LogP contribution in [0.15, 0.2) is 0 Å². The van der Waals surface area contributed by atoms with Crippen LogP contribution in [0.5, 0.6) is 0 Å². The number of hydrogen-bond acceptors (Lipinski definition) is 3. The Labute approximate surface area is 92.0 Å². The predicted molar refractivity (Wildman–Crippen MR) is 59.6 cm³/mol. The van der Waals surface area contributed by atoms with Crippen LogP contribution >= 0.6 is 0 Å². The van der Waals surface area contributed by atoms with E-state index in [0.29, 0.717) is 32.1 Å². The summed E-state index contributed by atoms with van der Waals surface area (Å²) in [6.07, 6.45) is 2.15. The van der Waals surface area contributed by atoms with Gasteiger partial charge < -0.3 is 15.2 Å². The van der Waals surface area contributed by atoms with Crippen molar-refractivity contribution >= 4 is 5.91 Å². The molecule has 4 heteroatoms. The Hall–Kier alpha value is -0.610. The van der Waals surface area contributed by atoms with Crippen molar-refractivity contribution in [1.82, 2.24) is 5.32 Å². The molecule has 0 fully saturated rings. The maximum atomic E-state index is 11.3. The average Bonchev–Trinajstić information content (AvgIpc) is 2.24. The van der Waals surface area contributed by atoms with Crippen LogP contribution in [0.4, 0.5) is 0 Å². The van der Waals surface area contributed by atoms with Crippen LogP contribution in [0.3, 0.4) is 0 Å². The Morgan fingerprint density at radius 2 is 2.20 bits per heavy atom. The van der Waals surface area contributed by atoms with Crippen LogP contribution in [-0.2, 0) is 9.53 Å². The largest absolute Gasteiger partial charge is 0.396 e. The fourth-order valence-corrected chi connectivity index (χ4v) is 1.29. The number of nitrogens with one attached hydrogen (secondary N) is 1. The molecule has 1 amide bonds. The molecule has 15 heavy (non-hydrogen) atoms. The van der Waals surface area contributed by atoms with Gasteiger partial charge in [0.25, 0.3) is 0 Å². The second kappa shape index (κ2) is 9.93. The molecular formula is C11H23NO3. The minimum absolute atomic E-state index is 0.0276. The first-order chi connectivity index (χ1) is 7.24. The van der Waals surface area contributed by atoms with Crippen LogP contribution in [0.2, 0.25) is 0 Å². The number of amides is 1. The highest BCUT2D eigenvalue weighted by molar-refractivity contribution is 5.75. The molecule has 0 heterocycles. The Morgan fingerprint density at radius 1 is 1.47 bits per heavy atom. The highest BCUT2D eigenvalue weighted by Gasteiger charge is 2.07. The maximum absolute atomic E-state index is 11.3. The summed E-state index contributed by atoms with van der Waals surface area (Å²) in [5.74, 6) is 0.408. The van der Waals surface area contributed by atoms with E-state index in [-0.39, 0.29) is 12.5 Å². The third kappa shape index (κ3) is 8.39. The van der Waals surface area contributed by atoms with E-state index in [4.69, 9.17) is 9.84 Å². The highest BCUT2D eigenvalue weighted by Crippen LogP contribution is 2.05. The number of carbonyl (C=O) groups is 1. The van der Waals surface area contributed by atoms with E-state index in [0.717, 1.165) is 12.8 Å². The molecule has 0 rings (SSSR count). The zero-order chi connectivity index (χ0) is 11.5. The van der Waals surface area contributed by atoms with Crippen LogP contribution < -0.4 is 5.32 Å². The van der Waals surface area contributed by atoms with E-state index < -0.39 is 0 Å². The normalized spacial score (nSPS) is 12.5. The third-order valence-corrected chi connectivity index (χ3v) is 2.38. The van der Waals surface area contributed by atoms with E-state index in [1.807, 2.05) is 6.92 Å². The lowest BCUT2D eigenvalue weighted by molar-refractivity contribution is -0.122. The van der Waals surface area contributed by atoms with E-state index in [9.17, 15) is 4.79 Å². The van der Waals surface area contributed by atoms with E-state index in [2.05, 4.69) is 12.2 Å². The van der Waals surface area contributed by atoms with Crippen molar-refractivity contribution in [2.45, 2.75) is 33.1 Å². The second-order valence-corrected chi connectivity index (χ2v) is 3.54. The predicted octanol–water partition coefficient (Wildman–Crippen LogP) is 0.938. The SMILES string of the molecule is CCOCCC(=O)NCC(CC)CCO. The van der Waals surface area contributed by atoms with Crippen molar-refractivity contribution in [1.29, 1.82) is 0 Å². The fourth-order valence-electron chi connectivity index (χ4n) is 1.29. The molecular weight excluding hydrogens is 194 g/mol. The summed E-state index contributed by atoms with van der Waals surface area (Å²) in [6.45, 7) is 5.95. The first kappa shape index (κ1) is 14.4. The zero-order valence-corrected chi connectivity index (χ0v) is 9.79. The third-order valence-electron chi connectivity index (χ3n) is 2.38. The van der Waals surface area contributed by atoms with Gasteiger partial charge >= 0.3 is 0 Å². The van der Waals surface area contributed by atoms with Crippen molar-refractivity contribution in [2.24, 2.45) is 5.92 Å². The van der Waals surface area contributed by atoms with Gasteiger partial charge in [-0.1, -0.05) is 13.3 Å². The molecule has 4 nitrogen and oxygen atoms in total. The summed E-state index contributed by atoms with van der Waals surface area (Å²) in [4.78, 5) is 11.3. The van der Waals surface area contributed by atoms with Crippen LogP contribution in [0.1, 0.15) is 33.1 Å². The van der Waals surface area contributed by atoms with Gasteiger partial charge in [-0.15, -0.1) is 0 Å². The molecule has 0 aromatic heterocycles. The molecule has 0 aliphatic heterocycles. The first-order valence-electron chi connectivity index (χ1n) is 5.69. The first-order valence-corrected chi connectivity index (χ1v) is 5.69. The van der Waals surface area contributed by atoms with Crippen LogP contribution in [0, 0.1) is 5.92 Å². The molecule has 0 aromatic carbocycles. The maximum Gasteiger partial charge on any atom is 0.222 e. The fraction of sp³-hybridized carbons (Fsp3) is 0.909. The molecule has 0 radical (unpaired) electrons. The Balaban J connectivity index is 3.50. The number of hydrogen-bond donors (Lipinski definition) is 2. The standard InChI is InChI=1S/C11H23NO3/c1-3-10(5-7-13)9-12-11(14)6-8-15-4-2/h10,13H,3-9H2,1-2H3,(H,12,14). The minimum Gasteiger partial charge on any atom is -0.396 e. The van der Waals surface area contributed by atoms with Crippen molar-refractivity contribution in [2.75, 3.05) is 26.4 Å². The lowest BCUT2D eigenvalue weighted by atomic mass is 10.0. The van der Waals surface area contributed by atoms with Crippen LogP contribution in [0.25, 0.3) is 0 Å². The summed E-state index contributed by atoms with van der Waals surface area (Å²) in [7, 11) is 0. The van der Waals surface area contributed by atoms with Crippen molar-refractivity contribution < 1.29 is 14.6 Å². The molecule has 0 aliphatic carbocycles. The summed E-state index contributed by atoms with van der Waals surface area (Å²) in [5, 5.41) is 11.6. The highest BCUT2D eigenvalue weighted by atomic mass is 16.5. The molecule has 0 bridgehead atoms. The Morgan fingerprint density at radius 3 is 2.73 bits per heavy atom. The van der Waals surface area contributed by atoms with Gasteiger partial charge in [-0.05, 0) is 19.3 Å².